The number of anilines is 2. The molecule has 0 aliphatic carbocycles. The summed E-state index contributed by atoms with van der Waals surface area (Å²) in [5.41, 5.74) is 1.84. The Kier molecular flexibility index (Phi) is 6.12. The molecule has 2 aromatic carbocycles. The van der Waals surface area contributed by atoms with E-state index in [0.29, 0.717) is 23.1 Å². The summed E-state index contributed by atoms with van der Waals surface area (Å²) >= 11 is 11.9. The summed E-state index contributed by atoms with van der Waals surface area (Å²) in [4.78, 5) is 16.6. The van der Waals surface area contributed by atoms with E-state index in [1.807, 2.05) is 29.2 Å². The normalized spacial score (nSPS) is 14.3. The molecule has 138 valence electrons. The Morgan fingerprint density at radius 3 is 2.50 bits per heavy atom. The number of para-hydroxylation sites is 2. The largest absolute Gasteiger partial charge is 0.495 e. The maximum Gasteiger partial charge on any atom is 0.241 e. The van der Waals surface area contributed by atoms with Crippen molar-refractivity contribution in [3.63, 3.8) is 0 Å². The highest BCUT2D eigenvalue weighted by Gasteiger charge is 2.22. The SMILES string of the molecule is COc1ccccc1N1CCN(C(=O)CNc2ccc(Cl)c(Cl)c2)CC1. The van der Waals surface area contributed by atoms with Crippen LogP contribution in [0.25, 0.3) is 0 Å². The van der Waals surface area contributed by atoms with Gasteiger partial charge in [-0.25, -0.2) is 0 Å². The number of benzene rings is 2. The summed E-state index contributed by atoms with van der Waals surface area (Å²) in [6, 6.07) is 13.2. The summed E-state index contributed by atoms with van der Waals surface area (Å²) in [6.45, 7) is 3.14. The van der Waals surface area contributed by atoms with Crippen LogP contribution >= 0.6 is 23.2 Å². The van der Waals surface area contributed by atoms with Crippen LogP contribution in [0.4, 0.5) is 11.4 Å². The number of hydrogen-bond donors (Lipinski definition) is 1. The first-order valence-electron chi connectivity index (χ1n) is 8.43. The van der Waals surface area contributed by atoms with E-state index in [0.717, 1.165) is 30.2 Å². The van der Waals surface area contributed by atoms with E-state index in [1.54, 1.807) is 25.3 Å². The first-order chi connectivity index (χ1) is 12.6. The molecular formula is C19H21Cl2N3O2. The standard InChI is InChI=1S/C19H21Cl2N3O2/c1-26-18-5-3-2-4-17(18)23-8-10-24(11-9-23)19(25)13-22-14-6-7-15(20)16(21)12-14/h2-7,12,22H,8-11,13H2,1H3. The van der Waals surface area contributed by atoms with Crippen LogP contribution in [0.3, 0.4) is 0 Å². The van der Waals surface area contributed by atoms with Gasteiger partial charge in [0.15, 0.2) is 0 Å². The second-order valence-electron chi connectivity index (χ2n) is 6.02. The van der Waals surface area contributed by atoms with Crippen LogP contribution in [0, 0.1) is 0 Å². The van der Waals surface area contributed by atoms with E-state index in [-0.39, 0.29) is 12.5 Å². The number of nitrogens with zero attached hydrogens (tertiary/aromatic N) is 2. The van der Waals surface area contributed by atoms with Crippen molar-refractivity contribution < 1.29 is 9.53 Å². The minimum atomic E-state index is 0.0655. The Balaban J connectivity index is 1.52. The van der Waals surface area contributed by atoms with Crippen molar-refractivity contribution in [1.29, 1.82) is 0 Å². The van der Waals surface area contributed by atoms with Gasteiger partial charge in [-0.2, -0.15) is 0 Å². The predicted molar refractivity (Wildman–Crippen MR) is 107 cm³/mol. The molecule has 1 amide bonds. The molecule has 1 fully saturated rings. The van der Waals surface area contributed by atoms with Gasteiger partial charge in [0.05, 0.1) is 29.4 Å². The molecule has 0 saturated carbocycles. The molecule has 3 rings (SSSR count). The first kappa shape index (κ1) is 18.7. The summed E-state index contributed by atoms with van der Waals surface area (Å²) in [7, 11) is 1.67. The van der Waals surface area contributed by atoms with Gasteiger partial charge in [-0.15, -0.1) is 0 Å². The molecular weight excluding hydrogens is 373 g/mol. The molecule has 5 nitrogen and oxygen atoms in total. The average Bonchev–Trinajstić information content (AvgIpc) is 2.68. The molecule has 1 N–H and O–H groups in total. The minimum Gasteiger partial charge on any atom is -0.495 e. The van der Waals surface area contributed by atoms with Gasteiger partial charge in [0, 0.05) is 31.9 Å². The van der Waals surface area contributed by atoms with Crippen LogP contribution in [-0.2, 0) is 4.79 Å². The molecule has 2 aromatic rings. The van der Waals surface area contributed by atoms with E-state index in [9.17, 15) is 4.79 Å². The molecule has 0 aromatic heterocycles. The lowest BCUT2D eigenvalue weighted by molar-refractivity contribution is -0.129. The van der Waals surface area contributed by atoms with Crippen molar-refractivity contribution in [2.75, 3.05) is 50.1 Å². The quantitative estimate of drug-likeness (QED) is 0.839. The maximum absolute atomic E-state index is 12.5. The Bertz CT molecular complexity index is 777. The van der Waals surface area contributed by atoms with Crippen LogP contribution in [0.5, 0.6) is 5.75 Å². The van der Waals surface area contributed by atoms with Crippen LogP contribution in [0.2, 0.25) is 10.0 Å². The maximum atomic E-state index is 12.5. The number of nitrogens with one attached hydrogen (secondary N) is 1. The second kappa shape index (κ2) is 8.52. The van der Waals surface area contributed by atoms with Gasteiger partial charge >= 0.3 is 0 Å². The molecule has 0 atom stereocenters. The number of methoxy groups -OCH3 is 1. The monoisotopic (exact) mass is 393 g/mol. The van der Waals surface area contributed by atoms with Crippen molar-refractivity contribution in [2.45, 2.75) is 0 Å². The summed E-state index contributed by atoms with van der Waals surface area (Å²) in [5, 5.41) is 4.07. The lowest BCUT2D eigenvalue weighted by Gasteiger charge is -2.36. The molecule has 0 unspecified atom stereocenters. The van der Waals surface area contributed by atoms with Crippen molar-refractivity contribution in [2.24, 2.45) is 0 Å². The van der Waals surface area contributed by atoms with Crippen molar-refractivity contribution in [1.82, 2.24) is 4.90 Å². The Labute approximate surface area is 163 Å². The van der Waals surface area contributed by atoms with E-state index in [2.05, 4.69) is 10.2 Å². The number of rotatable bonds is 5. The molecule has 1 heterocycles. The van der Waals surface area contributed by atoms with E-state index in [1.165, 1.54) is 0 Å². The van der Waals surface area contributed by atoms with Gasteiger partial charge in [0.25, 0.3) is 0 Å². The number of carbonyl (C=O) groups is 1. The average molecular weight is 394 g/mol. The third kappa shape index (κ3) is 4.34. The highest BCUT2D eigenvalue weighted by molar-refractivity contribution is 6.42. The van der Waals surface area contributed by atoms with Gasteiger partial charge in [0.1, 0.15) is 5.75 Å². The molecule has 1 aliphatic rings. The fourth-order valence-electron chi connectivity index (χ4n) is 2.98. The van der Waals surface area contributed by atoms with Gasteiger partial charge in [-0.05, 0) is 30.3 Å². The van der Waals surface area contributed by atoms with Crippen LogP contribution < -0.4 is 15.0 Å². The second-order valence-corrected chi connectivity index (χ2v) is 6.84. The van der Waals surface area contributed by atoms with E-state index in [4.69, 9.17) is 27.9 Å². The van der Waals surface area contributed by atoms with Gasteiger partial charge in [-0.3, -0.25) is 4.79 Å². The zero-order valence-electron chi connectivity index (χ0n) is 14.5. The zero-order valence-corrected chi connectivity index (χ0v) is 16.1. The summed E-state index contributed by atoms with van der Waals surface area (Å²) in [6.07, 6.45) is 0. The minimum absolute atomic E-state index is 0.0655. The van der Waals surface area contributed by atoms with Crippen LogP contribution in [0.15, 0.2) is 42.5 Å². The highest BCUT2D eigenvalue weighted by atomic mass is 35.5. The fraction of sp³-hybridized carbons (Fsp3) is 0.316. The predicted octanol–water partition coefficient (Wildman–Crippen LogP) is 3.76. The third-order valence-electron chi connectivity index (χ3n) is 4.42. The molecule has 1 aliphatic heterocycles. The number of carbonyl (C=O) groups excluding carboxylic acids is 1. The smallest absolute Gasteiger partial charge is 0.241 e. The molecule has 0 spiro atoms. The lowest BCUT2D eigenvalue weighted by atomic mass is 10.2. The van der Waals surface area contributed by atoms with E-state index < -0.39 is 0 Å². The van der Waals surface area contributed by atoms with Crippen LogP contribution in [0.1, 0.15) is 0 Å². The Morgan fingerprint density at radius 1 is 1.08 bits per heavy atom. The van der Waals surface area contributed by atoms with E-state index >= 15 is 0 Å². The molecule has 7 heteroatoms. The zero-order chi connectivity index (χ0) is 18.5. The van der Waals surface area contributed by atoms with Gasteiger partial charge < -0.3 is 19.9 Å². The van der Waals surface area contributed by atoms with Crippen molar-refractivity contribution >= 4 is 40.5 Å². The van der Waals surface area contributed by atoms with Crippen molar-refractivity contribution in [3.05, 3.63) is 52.5 Å². The van der Waals surface area contributed by atoms with Crippen molar-refractivity contribution in [3.8, 4) is 5.75 Å². The number of ether oxygens (including phenoxy) is 1. The van der Waals surface area contributed by atoms with Gasteiger partial charge in [0.2, 0.25) is 5.91 Å². The molecule has 0 bridgehead atoms. The first-order valence-corrected chi connectivity index (χ1v) is 9.19. The Morgan fingerprint density at radius 2 is 1.81 bits per heavy atom. The number of amides is 1. The fourth-order valence-corrected chi connectivity index (χ4v) is 3.28. The molecule has 26 heavy (non-hydrogen) atoms. The number of halogens is 2. The summed E-state index contributed by atoms with van der Waals surface area (Å²) < 4.78 is 5.43. The topological polar surface area (TPSA) is 44.8 Å². The number of hydrogen-bond acceptors (Lipinski definition) is 4. The summed E-state index contributed by atoms with van der Waals surface area (Å²) in [5.74, 6) is 0.921. The lowest BCUT2D eigenvalue weighted by Crippen LogP contribution is -2.50. The molecule has 0 radical (unpaired) electrons. The van der Waals surface area contributed by atoms with Crippen LogP contribution in [-0.4, -0.2) is 50.6 Å². The highest BCUT2D eigenvalue weighted by Crippen LogP contribution is 2.28. The number of piperazine rings is 1. The third-order valence-corrected chi connectivity index (χ3v) is 5.16. The van der Waals surface area contributed by atoms with Gasteiger partial charge in [-0.1, -0.05) is 35.3 Å². The molecule has 1 saturated heterocycles. The Hall–Kier alpha value is -2.11.